The number of carbonyl (C=O) groups excluding carboxylic acids is 1. The third-order valence-electron chi connectivity index (χ3n) is 3.44. The van der Waals surface area contributed by atoms with Gasteiger partial charge in [-0.05, 0) is 12.8 Å². The van der Waals surface area contributed by atoms with Crippen LogP contribution in [0.3, 0.4) is 0 Å². The van der Waals surface area contributed by atoms with Gasteiger partial charge in [0.1, 0.15) is 6.61 Å². The van der Waals surface area contributed by atoms with Gasteiger partial charge in [0, 0.05) is 19.1 Å². The van der Waals surface area contributed by atoms with E-state index < -0.39 is 0 Å². The second kappa shape index (κ2) is 4.94. The normalized spacial score (nSPS) is 29.5. The molecule has 0 aromatic carbocycles. The van der Waals surface area contributed by atoms with Crippen molar-refractivity contribution in [2.75, 3.05) is 19.7 Å². The van der Waals surface area contributed by atoms with Crippen LogP contribution in [-0.4, -0.2) is 42.6 Å². The van der Waals surface area contributed by atoms with Gasteiger partial charge in [-0.3, -0.25) is 4.79 Å². The zero-order valence-electron chi connectivity index (χ0n) is 9.15. The van der Waals surface area contributed by atoms with E-state index in [1.807, 2.05) is 4.90 Å². The SMILES string of the molecule is NCC1CN(C2CCCCC2)C(=O)CO1. The van der Waals surface area contributed by atoms with Crippen LogP contribution in [0.25, 0.3) is 0 Å². The fourth-order valence-corrected chi connectivity index (χ4v) is 2.53. The van der Waals surface area contributed by atoms with Crippen LogP contribution in [0, 0.1) is 0 Å². The van der Waals surface area contributed by atoms with Crippen LogP contribution in [0.2, 0.25) is 0 Å². The summed E-state index contributed by atoms with van der Waals surface area (Å²) in [7, 11) is 0. The van der Waals surface area contributed by atoms with Crippen LogP contribution in [0.1, 0.15) is 32.1 Å². The van der Waals surface area contributed by atoms with Gasteiger partial charge in [-0.2, -0.15) is 0 Å². The molecule has 0 radical (unpaired) electrons. The van der Waals surface area contributed by atoms with Crippen molar-refractivity contribution in [1.82, 2.24) is 4.90 Å². The number of rotatable bonds is 2. The monoisotopic (exact) mass is 212 g/mol. The molecule has 0 spiro atoms. The second-order valence-electron chi connectivity index (χ2n) is 4.51. The first-order valence-corrected chi connectivity index (χ1v) is 5.92. The van der Waals surface area contributed by atoms with E-state index in [2.05, 4.69) is 0 Å². The van der Waals surface area contributed by atoms with E-state index in [0.29, 0.717) is 19.1 Å². The second-order valence-corrected chi connectivity index (χ2v) is 4.51. The number of ether oxygens (including phenoxy) is 1. The van der Waals surface area contributed by atoms with Crippen molar-refractivity contribution in [2.24, 2.45) is 5.73 Å². The lowest BCUT2D eigenvalue weighted by Gasteiger charge is -2.39. The molecule has 1 aliphatic carbocycles. The van der Waals surface area contributed by atoms with Crippen LogP contribution < -0.4 is 5.73 Å². The molecule has 1 aliphatic heterocycles. The molecule has 2 rings (SSSR count). The first-order valence-electron chi connectivity index (χ1n) is 5.92. The number of hydrogen-bond acceptors (Lipinski definition) is 3. The molecule has 15 heavy (non-hydrogen) atoms. The predicted molar refractivity (Wildman–Crippen MR) is 57.4 cm³/mol. The van der Waals surface area contributed by atoms with Crippen LogP contribution in [-0.2, 0) is 9.53 Å². The minimum absolute atomic E-state index is 0.0460. The van der Waals surface area contributed by atoms with Gasteiger partial charge in [0.05, 0.1) is 6.10 Å². The highest BCUT2D eigenvalue weighted by Crippen LogP contribution is 2.24. The van der Waals surface area contributed by atoms with Crippen molar-refractivity contribution < 1.29 is 9.53 Å². The van der Waals surface area contributed by atoms with Crippen LogP contribution in [0.5, 0.6) is 0 Å². The lowest BCUT2D eigenvalue weighted by Crippen LogP contribution is -2.53. The van der Waals surface area contributed by atoms with Crippen molar-refractivity contribution in [3.05, 3.63) is 0 Å². The van der Waals surface area contributed by atoms with E-state index in [1.54, 1.807) is 0 Å². The van der Waals surface area contributed by atoms with Crippen LogP contribution in [0.4, 0.5) is 0 Å². The van der Waals surface area contributed by atoms with E-state index in [9.17, 15) is 4.79 Å². The summed E-state index contributed by atoms with van der Waals surface area (Å²) in [6.45, 7) is 1.43. The summed E-state index contributed by atoms with van der Waals surface area (Å²) in [5.74, 6) is 0.145. The molecule has 1 atom stereocenters. The number of morpholine rings is 1. The van der Waals surface area contributed by atoms with Gasteiger partial charge in [-0.15, -0.1) is 0 Å². The zero-order chi connectivity index (χ0) is 10.7. The van der Waals surface area contributed by atoms with Crippen molar-refractivity contribution in [2.45, 2.75) is 44.2 Å². The van der Waals surface area contributed by atoms with Gasteiger partial charge in [0.25, 0.3) is 0 Å². The molecule has 1 amide bonds. The smallest absolute Gasteiger partial charge is 0.248 e. The number of nitrogens with zero attached hydrogens (tertiary/aromatic N) is 1. The third-order valence-corrected chi connectivity index (χ3v) is 3.44. The molecular weight excluding hydrogens is 192 g/mol. The summed E-state index contributed by atoms with van der Waals surface area (Å²) in [6, 6.07) is 0.448. The summed E-state index contributed by atoms with van der Waals surface area (Å²) < 4.78 is 5.34. The van der Waals surface area contributed by atoms with Crippen molar-refractivity contribution in [3.8, 4) is 0 Å². The molecule has 2 N–H and O–H groups in total. The standard InChI is InChI=1S/C11H20N2O2/c12-6-10-7-13(11(14)8-15-10)9-4-2-1-3-5-9/h9-10H,1-8,12H2. The lowest BCUT2D eigenvalue weighted by molar-refractivity contribution is -0.152. The van der Waals surface area contributed by atoms with Crippen molar-refractivity contribution in [3.63, 3.8) is 0 Å². The van der Waals surface area contributed by atoms with Gasteiger partial charge >= 0.3 is 0 Å². The number of nitrogens with two attached hydrogens (primary N) is 1. The zero-order valence-corrected chi connectivity index (χ0v) is 9.15. The summed E-state index contributed by atoms with van der Waals surface area (Å²) >= 11 is 0. The minimum Gasteiger partial charge on any atom is -0.365 e. The molecule has 1 heterocycles. The fourth-order valence-electron chi connectivity index (χ4n) is 2.53. The lowest BCUT2D eigenvalue weighted by atomic mass is 9.93. The van der Waals surface area contributed by atoms with E-state index >= 15 is 0 Å². The molecule has 2 aliphatic rings. The summed E-state index contributed by atoms with van der Waals surface area (Å²) in [6.07, 6.45) is 6.18. The maximum atomic E-state index is 11.7. The average Bonchev–Trinajstić information content (AvgIpc) is 2.31. The Kier molecular flexibility index (Phi) is 3.59. The molecule has 4 nitrogen and oxygen atoms in total. The Labute approximate surface area is 90.8 Å². The van der Waals surface area contributed by atoms with Crippen molar-refractivity contribution in [1.29, 1.82) is 0 Å². The molecule has 0 aromatic rings. The fraction of sp³-hybridized carbons (Fsp3) is 0.909. The molecule has 1 saturated heterocycles. The number of amides is 1. The molecule has 1 unspecified atom stereocenters. The maximum Gasteiger partial charge on any atom is 0.248 e. The van der Waals surface area contributed by atoms with Gasteiger partial charge in [-0.25, -0.2) is 0 Å². The topological polar surface area (TPSA) is 55.6 Å². The molecule has 1 saturated carbocycles. The molecular formula is C11H20N2O2. The molecule has 0 bridgehead atoms. The highest BCUT2D eigenvalue weighted by Gasteiger charge is 2.31. The summed E-state index contributed by atoms with van der Waals surface area (Å²) in [5.41, 5.74) is 5.58. The first kappa shape index (κ1) is 10.9. The maximum absolute atomic E-state index is 11.7. The molecule has 4 heteroatoms. The average molecular weight is 212 g/mol. The van der Waals surface area contributed by atoms with E-state index in [1.165, 1.54) is 19.3 Å². The van der Waals surface area contributed by atoms with Gasteiger partial charge < -0.3 is 15.4 Å². The Morgan fingerprint density at radius 2 is 2.07 bits per heavy atom. The summed E-state index contributed by atoms with van der Waals surface area (Å²) in [4.78, 5) is 13.7. The Balaban J connectivity index is 1.95. The number of hydrogen-bond donors (Lipinski definition) is 1. The highest BCUT2D eigenvalue weighted by atomic mass is 16.5. The Morgan fingerprint density at radius 3 is 2.73 bits per heavy atom. The van der Waals surface area contributed by atoms with Gasteiger partial charge in [0.15, 0.2) is 0 Å². The Hall–Kier alpha value is -0.610. The Morgan fingerprint density at radius 1 is 1.33 bits per heavy atom. The first-order chi connectivity index (χ1) is 7.31. The summed E-state index contributed by atoms with van der Waals surface area (Å²) in [5, 5.41) is 0. The van der Waals surface area contributed by atoms with E-state index in [-0.39, 0.29) is 18.6 Å². The Bertz CT molecular complexity index is 227. The van der Waals surface area contributed by atoms with Crippen LogP contribution in [0.15, 0.2) is 0 Å². The number of carbonyl (C=O) groups is 1. The quantitative estimate of drug-likeness (QED) is 0.725. The largest absolute Gasteiger partial charge is 0.365 e. The molecule has 2 fully saturated rings. The van der Waals surface area contributed by atoms with Crippen LogP contribution >= 0.6 is 0 Å². The predicted octanol–water partition coefficient (Wildman–Crippen LogP) is 0.505. The molecule has 86 valence electrons. The minimum atomic E-state index is 0.0460. The van der Waals surface area contributed by atoms with Gasteiger partial charge in [-0.1, -0.05) is 19.3 Å². The highest BCUT2D eigenvalue weighted by molar-refractivity contribution is 5.78. The van der Waals surface area contributed by atoms with Crippen molar-refractivity contribution >= 4 is 5.91 Å². The van der Waals surface area contributed by atoms with E-state index in [4.69, 9.17) is 10.5 Å². The third kappa shape index (κ3) is 2.49. The van der Waals surface area contributed by atoms with Gasteiger partial charge in [0.2, 0.25) is 5.91 Å². The van der Waals surface area contributed by atoms with E-state index in [0.717, 1.165) is 12.8 Å². The molecule has 0 aromatic heterocycles.